The predicted molar refractivity (Wildman–Crippen MR) is 135 cm³/mol. The quantitative estimate of drug-likeness (QED) is 0.392. The van der Waals surface area contributed by atoms with Crippen LogP contribution in [0, 0.1) is 17.8 Å². The number of fused-ring (bicyclic) bond motifs is 3. The summed E-state index contributed by atoms with van der Waals surface area (Å²) in [6.45, 7) is 1.63. The van der Waals surface area contributed by atoms with Crippen molar-refractivity contribution in [2.45, 2.75) is 25.7 Å². The first-order chi connectivity index (χ1) is 17.8. The summed E-state index contributed by atoms with van der Waals surface area (Å²) < 4.78 is 5.20. The minimum atomic E-state index is -0.633. The molecule has 1 heterocycles. The van der Waals surface area contributed by atoms with Gasteiger partial charge in [-0.2, -0.15) is 0 Å². The molecule has 0 spiro atoms. The summed E-state index contributed by atoms with van der Waals surface area (Å²) in [7, 11) is 1.45. The first-order valence-electron chi connectivity index (χ1n) is 12.3. The second kappa shape index (κ2) is 8.40. The van der Waals surface area contributed by atoms with E-state index in [0.717, 1.165) is 5.57 Å². The number of allylic oxidation sites excluding steroid dienone is 6. The third kappa shape index (κ3) is 3.34. The number of ether oxygens (including phenoxy) is 1. The van der Waals surface area contributed by atoms with E-state index in [9.17, 15) is 24.3 Å². The van der Waals surface area contributed by atoms with Crippen LogP contribution in [0.15, 0.2) is 83.0 Å². The summed E-state index contributed by atoms with van der Waals surface area (Å²) in [6, 6.07) is 13.8. The Morgan fingerprint density at radius 2 is 1.73 bits per heavy atom. The molecular weight excluding hydrogens is 470 g/mol. The molecule has 2 aromatic carbocycles. The average Bonchev–Trinajstić information content (AvgIpc) is 3.16. The molecule has 7 nitrogen and oxygen atoms in total. The smallest absolute Gasteiger partial charge is 0.238 e. The second-order valence-electron chi connectivity index (χ2n) is 10.0. The number of aromatic hydroxyl groups is 1. The highest BCUT2D eigenvalue weighted by atomic mass is 16.5. The number of para-hydroxylation sites is 1. The number of hydrogen-bond acceptors (Lipinski definition) is 6. The number of ketones is 2. The van der Waals surface area contributed by atoms with E-state index in [0.29, 0.717) is 40.1 Å². The molecule has 6 rings (SSSR count). The summed E-state index contributed by atoms with van der Waals surface area (Å²) in [6.07, 6.45) is 3.91. The average molecular weight is 496 g/mol. The monoisotopic (exact) mass is 495 g/mol. The molecule has 0 bridgehead atoms. The Balaban J connectivity index is 1.50. The minimum Gasteiger partial charge on any atom is -0.504 e. The first-order valence-corrected chi connectivity index (χ1v) is 12.3. The number of hydrogen-bond donors (Lipinski definition) is 1. The van der Waals surface area contributed by atoms with Crippen molar-refractivity contribution in [2.75, 3.05) is 12.0 Å². The van der Waals surface area contributed by atoms with E-state index in [1.807, 2.05) is 12.1 Å². The van der Waals surface area contributed by atoms with E-state index in [1.54, 1.807) is 49.4 Å². The maximum atomic E-state index is 13.8. The van der Waals surface area contributed by atoms with Crippen molar-refractivity contribution in [3.8, 4) is 11.5 Å². The number of benzene rings is 2. The zero-order valence-corrected chi connectivity index (χ0v) is 20.4. The zero-order valence-electron chi connectivity index (χ0n) is 20.4. The fourth-order valence-electron chi connectivity index (χ4n) is 6.46. The number of rotatable bonds is 3. The lowest BCUT2D eigenvalue weighted by Crippen LogP contribution is -2.39. The number of amides is 2. The Kier molecular flexibility index (Phi) is 5.26. The van der Waals surface area contributed by atoms with Crippen LogP contribution >= 0.6 is 0 Å². The molecule has 4 aliphatic rings. The molecule has 1 aliphatic heterocycles. The Bertz CT molecular complexity index is 1480. The summed E-state index contributed by atoms with van der Waals surface area (Å²) >= 11 is 0. The normalized spacial score (nSPS) is 26.9. The molecule has 1 N–H and O–H groups in total. The highest BCUT2D eigenvalue weighted by Crippen LogP contribution is 2.55. The van der Waals surface area contributed by atoms with E-state index >= 15 is 0 Å². The maximum Gasteiger partial charge on any atom is 0.238 e. The van der Waals surface area contributed by atoms with Crippen LogP contribution in [0.25, 0.3) is 0 Å². The lowest BCUT2D eigenvalue weighted by Gasteiger charge is -2.42. The molecule has 0 saturated carbocycles. The van der Waals surface area contributed by atoms with Gasteiger partial charge in [0.25, 0.3) is 0 Å². The van der Waals surface area contributed by atoms with Gasteiger partial charge < -0.3 is 9.84 Å². The van der Waals surface area contributed by atoms with Gasteiger partial charge in [0.05, 0.1) is 24.6 Å². The van der Waals surface area contributed by atoms with Crippen LogP contribution in [0.2, 0.25) is 0 Å². The molecule has 2 aromatic rings. The van der Waals surface area contributed by atoms with Gasteiger partial charge in [0.1, 0.15) is 0 Å². The lowest BCUT2D eigenvalue weighted by atomic mass is 9.59. The van der Waals surface area contributed by atoms with Crippen LogP contribution in [0.3, 0.4) is 0 Å². The Morgan fingerprint density at radius 3 is 2.43 bits per heavy atom. The van der Waals surface area contributed by atoms with E-state index in [2.05, 4.69) is 0 Å². The van der Waals surface area contributed by atoms with Crippen molar-refractivity contribution in [3.05, 3.63) is 88.5 Å². The first kappa shape index (κ1) is 23.2. The van der Waals surface area contributed by atoms with Gasteiger partial charge in [0.2, 0.25) is 11.8 Å². The predicted octanol–water partition coefficient (Wildman–Crippen LogP) is 4.03. The number of phenols is 1. The van der Waals surface area contributed by atoms with Crippen LogP contribution in [0.1, 0.15) is 31.2 Å². The maximum absolute atomic E-state index is 13.8. The number of nitrogens with zero attached hydrogens (tertiary/aromatic N) is 1. The third-order valence-corrected chi connectivity index (χ3v) is 8.12. The third-order valence-electron chi connectivity index (χ3n) is 8.12. The summed E-state index contributed by atoms with van der Waals surface area (Å²) in [4.78, 5) is 55.1. The van der Waals surface area contributed by atoms with Gasteiger partial charge in [-0.3, -0.25) is 24.1 Å². The summed E-state index contributed by atoms with van der Waals surface area (Å²) in [5.41, 5.74) is 3.15. The van der Waals surface area contributed by atoms with E-state index in [1.165, 1.54) is 18.1 Å². The van der Waals surface area contributed by atoms with Gasteiger partial charge >= 0.3 is 0 Å². The van der Waals surface area contributed by atoms with Gasteiger partial charge in [0, 0.05) is 22.6 Å². The molecule has 0 unspecified atom stereocenters. The number of phenolic OH excluding ortho intramolecular Hbond substituents is 1. The number of imide groups is 1. The molecule has 7 heteroatoms. The Morgan fingerprint density at radius 1 is 0.973 bits per heavy atom. The van der Waals surface area contributed by atoms with Gasteiger partial charge in [-0.15, -0.1) is 0 Å². The fraction of sp³-hybridized carbons (Fsp3) is 0.267. The van der Waals surface area contributed by atoms with Crippen LogP contribution in [0.4, 0.5) is 5.69 Å². The summed E-state index contributed by atoms with van der Waals surface area (Å²) in [5.74, 6) is -2.95. The number of anilines is 1. The van der Waals surface area contributed by atoms with Crippen LogP contribution in [-0.2, 0) is 19.2 Å². The zero-order chi connectivity index (χ0) is 26.0. The molecule has 3 aliphatic carbocycles. The molecule has 4 atom stereocenters. The van der Waals surface area contributed by atoms with Gasteiger partial charge in [-0.1, -0.05) is 35.9 Å². The number of carbonyl (C=O) groups is 4. The highest BCUT2D eigenvalue weighted by Gasteiger charge is 2.56. The summed E-state index contributed by atoms with van der Waals surface area (Å²) in [5, 5.41) is 10.5. The van der Waals surface area contributed by atoms with Crippen molar-refractivity contribution in [1.82, 2.24) is 0 Å². The molecular formula is C30H25NO6. The number of carbonyl (C=O) groups excluding carboxylic acids is 4. The van der Waals surface area contributed by atoms with Gasteiger partial charge in [-0.05, 0) is 61.6 Å². The Hall–Kier alpha value is -4.26. The Labute approximate surface area is 213 Å². The highest BCUT2D eigenvalue weighted by molar-refractivity contribution is 6.25. The van der Waals surface area contributed by atoms with Crippen LogP contribution in [-0.4, -0.2) is 35.6 Å². The van der Waals surface area contributed by atoms with Crippen molar-refractivity contribution >= 4 is 29.1 Å². The number of methoxy groups -OCH3 is 1. The fourth-order valence-corrected chi connectivity index (χ4v) is 6.46. The van der Waals surface area contributed by atoms with Crippen molar-refractivity contribution in [2.24, 2.45) is 17.8 Å². The SMILES string of the molecule is COc1ccc([C@H]2C3=CC[C@@H]4C(=O)N(c5ccccc5)C(=O)[C@@H]4[C@@H]3CC3=C2C(=O)C(C)=CC3=O)cc1O. The van der Waals surface area contributed by atoms with Crippen LogP contribution < -0.4 is 9.64 Å². The van der Waals surface area contributed by atoms with E-state index < -0.39 is 23.7 Å². The largest absolute Gasteiger partial charge is 0.504 e. The molecule has 1 fully saturated rings. The second-order valence-corrected chi connectivity index (χ2v) is 10.0. The van der Waals surface area contributed by atoms with Gasteiger partial charge in [-0.25, -0.2) is 0 Å². The topological polar surface area (TPSA) is 101 Å². The van der Waals surface area contributed by atoms with Crippen molar-refractivity contribution in [1.29, 1.82) is 0 Å². The molecule has 2 amide bonds. The molecule has 37 heavy (non-hydrogen) atoms. The molecule has 0 aromatic heterocycles. The van der Waals surface area contributed by atoms with Crippen molar-refractivity contribution in [3.63, 3.8) is 0 Å². The molecule has 0 radical (unpaired) electrons. The van der Waals surface area contributed by atoms with Gasteiger partial charge in [0.15, 0.2) is 23.1 Å². The number of Topliss-reactive ketones (excluding diaryl/α,β-unsaturated/α-hetero) is 1. The standard InChI is InChI=1S/C30H25NO6/c1-15-12-22(32)21-14-20-18(25(27(21)28(15)34)16-8-11-24(37-2)23(33)13-16)9-10-19-26(20)30(36)31(29(19)35)17-6-4-3-5-7-17/h3-9,11-13,19-20,25-26,33H,10,14H2,1-2H3/t19-,20+,25-,26-/m0/s1. The molecule has 186 valence electrons. The van der Waals surface area contributed by atoms with E-state index in [4.69, 9.17) is 4.74 Å². The minimum absolute atomic E-state index is 0.0808. The van der Waals surface area contributed by atoms with Crippen LogP contribution in [0.5, 0.6) is 11.5 Å². The van der Waals surface area contributed by atoms with E-state index in [-0.39, 0.29) is 35.6 Å². The van der Waals surface area contributed by atoms with Crippen molar-refractivity contribution < 1.29 is 29.0 Å². The molecule has 1 saturated heterocycles. The lowest BCUT2D eigenvalue weighted by molar-refractivity contribution is -0.123.